The summed E-state index contributed by atoms with van der Waals surface area (Å²) >= 11 is 0. The second-order valence-electron chi connectivity index (χ2n) is 7.34. The molecule has 0 atom stereocenters. The molecule has 0 aliphatic carbocycles. The van der Waals surface area contributed by atoms with Crippen molar-refractivity contribution in [3.63, 3.8) is 0 Å². The normalized spacial score (nSPS) is 10.4. The SMILES string of the molecule is CCCCCCCCCCCCCCCCCC(=O)N(C)CC(=O)O.N. The zero-order valence-corrected chi connectivity index (χ0v) is 17.4. The van der Waals surface area contributed by atoms with Crippen LogP contribution < -0.4 is 6.15 Å². The Hall–Kier alpha value is -1.10. The Kier molecular flexibility index (Phi) is 21.1. The first kappa shape index (κ1) is 27.1. The summed E-state index contributed by atoms with van der Waals surface area (Å²) in [6.07, 6.45) is 20.1. The number of rotatable bonds is 18. The molecule has 0 aromatic carbocycles. The lowest BCUT2D eigenvalue weighted by Crippen LogP contribution is -2.31. The van der Waals surface area contributed by atoms with E-state index >= 15 is 0 Å². The van der Waals surface area contributed by atoms with Crippen LogP contribution in [0.5, 0.6) is 0 Å². The molecule has 0 unspecified atom stereocenters. The van der Waals surface area contributed by atoms with Crippen LogP contribution in [0.4, 0.5) is 0 Å². The molecule has 0 aliphatic rings. The number of amides is 1. The van der Waals surface area contributed by atoms with Crippen LogP contribution in [0, 0.1) is 0 Å². The number of unbranched alkanes of at least 4 members (excludes halogenated alkanes) is 14. The average Bonchev–Trinajstić information content (AvgIpc) is 2.57. The molecule has 5 heteroatoms. The minimum atomic E-state index is -0.952. The Morgan fingerprint density at radius 3 is 1.38 bits per heavy atom. The monoisotopic (exact) mass is 372 g/mol. The fraction of sp³-hybridized carbons (Fsp3) is 0.905. The number of hydrogen-bond donors (Lipinski definition) is 2. The first-order valence-corrected chi connectivity index (χ1v) is 10.5. The van der Waals surface area contributed by atoms with E-state index in [4.69, 9.17) is 5.11 Å². The van der Waals surface area contributed by atoms with Crippen LogP contribution in [-0.2, 0) is 9.59 Å². The standard InChI is InChI=1S/C21H41NO3.H3N/c1-3-4-5-6-7-8-9-10-11-12-13-14-15-16-17-18-20(23)22(2)19-21(24)25;/h3-19H2,1-2H3,(H,24,25);1H3. The van der Waals surface area contributed by atoms with Gasteiger partial charge in [-0.25, -0.2) is 0 Å². The lowest BCUT2D eigenvalue weighted by Gasteiger charge is -2.14. The third kappa shape index (κ3) is 19.2. The van der Waals surface area contributed by atoms with E-state index in [1.54, 1.807) is 7.05 Å². The van der Waals surface area contributed by atoms with Crippen LogP contribution in [0.15, 0.2) is 0 Å². The van der Waals surface area contributed by atoms with Gasteiger partial charge in [0.05, 0.1) is 0 Å². The van der Waals surface area contributed by atoms with Gasteiger partial charge in [0.15, 0.2) is 0 Å². The van der Waals surface area contributed by atoms with Crippen LogP contribution in [0.1, 0.15) is 110 Å². The van der Waals surface area contributed by atoms with Crippen LogP contribution in [0.3, 0.4) is 0 Å². The molecule has 0 saturated heterocycles. The number of carbonyl (C=O) groups excluding carboxylic acids is 1. The van der Waals surface area contributed by atoms with Gasteiger partial charge in [0.1, 0.15) is 6.54 Å². The highest BCUT2D eigenvalue weighted by atomic mass is 16.4. The highest BCUT2D eigenvalue weighted by molar-refractivity contribution is 5.80. The molecule has 0 aliphatic heterocycles. The van der Waals surface area contributed by atoms with Gasteiger partial charge in [-0.05, 0) is 6.42 Å². The van der Waals surface area contributed by atoms with Gasteiger partial charge in [0.2, 0.25) is 5.91 Å². The van der Waals surface area contributed by atoms with Gasteiger partial charge in [-0.15, -0.1) is 0 Å². The maximum atomic E-state index is 11.7. The minimum Gasteiger partial charge on any atom is -0.480 e. The number of nitrogens with zero attached hydrogens (tertiary/aromatic N) is 1. The second kappa shape index (κ2) is 20.2. The molecule has 0 spiro atoms. The van der Waals surface area contributed by atoms with E-state index < -0.39 is 5.97 Å². The lowest BCUT2D eigenvalue weighted by atomic mass is 10.0. The molecular formula is C21H44N2O3. The van der Waals surface area contributed by atoms with Crippen LogP contribution in [0.25, 0.3) is 0 Å². The summed E-state index contributed by atoms with van der Waals surface area (Å²) in [4.78, 5) is 23.5. The van der Waals surface area contributed by atoms with E-state index in [1.807, 2.05) is 0 Å². The molecule has 1 amide bonds. The summed E-state index contributed by atoms with van der Waals surface area (Å²) < 4.78 is 0. The number of carboxylic acids is 1. The smallest absolute Gasteiger partial charge is 0.323 e. The topological polar surface area (TPSA) is 92.6 Å². The zero-order chi connectivity index (χ0) is 18.8. The first-order chi connectivity index (χ1) is 12.1. The van der Waals surface area contributed by atoms with Gasteiger partial charge in [-0.3, -0.25) is 9.59 Å². The summed E-state index contributed by atoms with van der Waals surface area (Å²) in [6, 6.07) is 0. The predicted molar refractivity (Wildman–Crippen MR) is 110 cm³/mol. The Balaban J connectivity index is 0. The van der Waals surface area contributed by atoms with Crippen molar-refractivity contribution >= 4 is 11.9 Å². The highest BCUT2D eigenvalue weighted by Gasteiger charge is 2.10. The van der Waals surface area contributed by atoms with E-state index in [0.717, 1.165) is 12.8 Å². The molecule has 156 valence electrons. The molecule has 0 radical (unpaired) electrons. The van der Waals surface area contributed by atoms with E-state index in [0.29, 0.717) is 6.42 Å². The van der Waals surface area contributed by atoms with Crippen LogP contribution in [-0.4, -0.2) is 35.5 Å². The molecule has 4 N–H and O–H groups in total. The Morgan fingerprint density at radius 1 is 0.692 bits per heavy atom. The van der Waals surface area contributed by atoms with Gasteiger partial charge >= 0.3 is 5.97 Å². The van der Waals surface area contributed by atoms with Gasteiger partial charge in [-0.1, -0.05) is 96.8 Å². The highest BCUT2D eigenvalue weighted by Crippen LogP contribution is 2.13. The van der Waals surface area contributed by atoms with E-state index in [2.05, 4.69) is 6.92 Å². The summed E-state index contributed by atoms with van der Waals surface area (Å²) in [7, 11) is 1.56. The van der Waals surface area contributed by atoms with E-state index in [9.17, 15) is 9.59 Å². The number of carbonyl (C=O) groups is 2. The van der Waals surface area contributed by atoms with Gasteiger partial charge in [-0.2, -0.15) is 0 Å². The van der Waals surface area contributed by atoms with Gasteiger partial charge < -0.3 is 16.2 Å². The number of aliphatic carboxylic acids is 1. The number of likely N-dealkylation sites (N-methyl/N-ethyl adjacent to an activating group) is 1. The van der Waals surface area contributed by atoms with Crippen molar-refractivity contribution in [1.29, 1.82) is 0 Å². The molecule has 0 bridgehead atoms. The van der Waals surface area contributed by atoms with Crippen molar-refractivity contribution < 1.29 is 14.7 Å². The summed E-state index contributed by atoms with van der Waals surface area (Å²) in [5.74, 6) is -1.01. The lowest BCUT2D eigenvalue weighted by molar-refractivity contribution is -0.143. The fourth-order valence-corrected chi connectivity index (χ4v) is 3.13. The fourth-order valence-electron chi connectivity index (χ4n) is 3.13. The number of carboxylic acid groups (broad SMARTS) is 1. The molecule has 0 rings (SSSR count). The second-order valence-corrected chi connectivity index (χ2v) is 7.34. The van der Waals surface area contributed by atoms with E-state index in [-0.39, 0.29) is 18.6 Å². The van der Waals surface area contributed by atoms with Crippen LogP contribution in [0.2, 0.25) is 0 Å². The molecular weight excluding hydrogens is 328 g/mol. The van der Waals surface area contributed by atoms with Crippen molar-refractivity contribution in [2.24, 2.45) is 0 Å². The van der Waals surface area contributed by atoms with Crippen molar-refractivity contribution in [2.75, 3.05) is 13.6 Å². The Morgan fingerprint density at radius 2 is 1.04 bits per heavy atom. The third-order valence-electron chi connectivity index (χ3n) is 4.79. The van der Waals surface area contributed by atoms with Crippen molar-refractivity contribution in [2.45, 2.75) is 110 Å². The molecule has 0 heterocycles. The third-order valence-corrected chi connectivity index (χ3v) is 4.79. The summed E-state index contributed by atoms with van der Waals surface area (Å²) in [5, 5.41) is 8.64. The molecule has 0 aromatic heterocycles. The van der Waals surface area contributed by atoms with Crippen molar-refractivity contribution in [3.8, 4) is 0 Å². The maximum Gasteiger partial charge on any atom is 0.323 e. The van der Waals surface area contributed by atoms with Crippen molar-refractivity contribution in [1.82, 2.24) is 11.1 Å². The Labute approximate surface area is 161 Å². The van der Waals surface area contributed by atoms with Gasteiger partial charge in [0, 0.05) is 13.5 Å². The largest absolute Gasteiger partial charge is 0.480 e. The summed E-state index contributed by atoms with van der Waals surface area (Å²) in [5.41, 5.74) is 0. The maximum absolute atomic E-state index is 11.7. The van der Waals surface area contributed by atoms with Crippen LogP contribution >= 0.6 is 0 Å². The minimum absolute atomic E-state index is 0. The predicted octanol–water partition coefficient (Wildman–Crippen LogP) is 5.95. The molecule has 0 aromatic rings. The molecule has 26 heavy (non-hydrogen) atoms. The van der Waals surface area contributed by atoms with Gasteiger partial charge in [0.25, 0.3) is 0 Å². The summed E-state index contributed by atoms with van der Waals surface area (Å²) in [6.45, 7) is 2.07. The molecule has 5 nitrogen and oxygen atoms in total. The quantitative estimate of drug-likeness (QED) is 0.291. The molecule has 0 saturated carbocycles. The average molecular weight is 373 g/mol. The molecule has 0 fully saturated rings. The van der Waals surface area contributed by atoms with E-state index in [1.165, 1.54) is 88.4 Å². The zero-order valence-electron chi connectivity index (χ0n) is 17.4. The van der Waals surface area contributed by atoms with Crippen molar-refractivity contribution in [3.05, 3.63) is 0 Å². The first-order valence-electron chi connectivity index (χ1n) is 10.5. The Bertz CT molecular complexity index is 335. The number of hydrogen-bond acceptors (Lipinski definition) is 3.